The van der Waals surface area contributed by atoms with Crippen LogP contribution in [0.25, 0.3) is 33.4 Å². The first kappa shape index (κ1) is 17.0. The summed E-state index contributed by atoms with van der Waals surface area (Å²) in [5, 5.41) is 0.678. The molecule has 8 heteroatoms. The lowest BCUT2D eigenvalue weighted by atomic mass is 9.99. The molecule has 0 aliphatic heterocycles. The molecule has 0 radical (unpaired) electrons. The molecule has 0 saturated carbocycles. The molecule has 0 spiro atoms. The second-order valence-corrected chi connectivity index (χ2v) is 8.24. The van der Waals surface area contributed by atoms with Gasteiger partial charge in [-0.3, -0.25) is 0 Å². The summed E-state index contributed by atoms with van der Waals surface area (Å²) in [6.07, 6.45) is 1.18. The molecule has 2 aromatic carbocycles. The van der Waals surface area contributed by atoms with Crippen molar-refractivity contribution in [2.45, 2.75) is 4.90 Å². The monoisotopic (exact) mass is 379 g/mol. The minimum Gasteiger partial charge on any atom is -0.383 e. The zero-order valence-corrected chi connectivity index (χ0v) is 15.3. The number of H-pyrrole nitrogens is 1. The molecule has 136 valence electrons. The summed E-state index contributed by atoms with van der Waals surface area (Å²) in [5.74, 6) is 0.367. The number of nitrogens with two attached hydrogens (primary N) is 2. The number of anilines is 2. The topological polar surface area (TPSA) is 128 Å². The summed E-state index contributed by atoms with van der Waals surface area (Å²) in [5.41, 5.74) is 15.8. The Bertz CT molecular complexity index is 1250. The van der Waals surface area contributed by atoms with Crippen LogP contribution in [0, 0.1) is 0 Å². The smallest absolute Gasteiger partial charge is 0.223 e. The van der Waals surface area contributed by atoms with Gasteiger partial charge in [-0.15, -0.1) is 0 Å². The summed E-state index contributed by atoms with van der Waals surface area (Å²) in [7, 11) is -3.27. The standard InChI is InChI=1S/C19H17N5O2S/c1-27(25,26)13-9-7-12(8-10-13)16-14(11-5-3-2-4-6-11)15-17(20)23-19(21)24-18(15)22-16/h2-10H,1H3,(H5,20,21,22,23,24). The van der Waals surface area contributed by atoms with Crippen LogP contribution in [0.5, 0.6) is 0 Å². The molecule has 2 heterocycles. The molecule has 0 atom stereocenters. The highest BCUT2D eigenvalue weighted by Gasteiger charge is 2.19. The lowest BCUT2D eigenvalue weighted by molar-refractivity contribution is 0.602. The summed E-state index contributed by atoms with van der Waals surface area (Å²) >= 11 is 0. The Labute approximate surface area is 156 Å². The van der Waals surface area contributed by atoms with E-state index in [2.05, 4.69) is 15.0 Å². The third-order valence-corrected chi connectivity index (χ3v) is 5.46. The predicted octanol–water partition coefficient (Wildman–Crippen LogP) is 2.86. The largest absolute Gasteiger partial charge is 0.383 e. The van der Waals surface area contributed by atoms with E-state index in [-0.39, 0.29) is 16.7 Å². The molecular weight excluding hydrogens is 362 g/mol. The highest BCUT2D eigenvalue weighted by molar-refractivity contribution is 7.90. The highest BCUT2D eigenvalue weighted by atomic mass is 32.2. The van der Waals surface area contributed by atoms with E-state index in [9.17, 15) is 8.42 Å². The summed E-state index contributed by atoms with van der Waals surface area (Å²) < 4.78 is 23.5. The number of nitrogen functional groups attached to an aromatic ring is 2. The minimum absolute atomic E-state index is 0.0832. The van der Waals surface area contributed by atoms with Gasteiger partial charge >= 0.3 is 0 Å². The van der Waals surface area contributed by atoms with Crippen molar-refractivity contribution in [2.24, 2.45) is 0 Å². The predicted molar refractivity (Wildman–Crippen MR) is 107 cm³/mol. The number of nitrogens with zero attached hydrogens (tertiary/aromatic N) is 2. The van der Waals surface area contributed by atoms with Crippen molar-refractivity contribution in [1.82, 2.24) is 15.0 Å². The van der Waals surface area contributed by atoms with Crippen molar-refractivity contribution < 1.29 is 8.42 Å². The zero-order chi connectivity index (χ0) is 19.2. The Morgan fingerprint density at radius 1 is 0.889 bits per heavy atom. The van der Waals surface area contributed by atoms with Gasteiger partial charge in [0, 0.05) is 11.8 Å². The van der Waals surface area contributed by atoms with Crippen molar-refractivity contribution in [2.75, 3.05) is 17.7 Å². The lowest BCUT2D eigenvalue weighted by Crippen LogP contribution is -1.99. The van der Waals surface area contributed by atoms with Crippen molar-refractivity contribution >= 4 is 32.6 Å². The molecular formula is C19H17N5O2S. The van der Waals surface area contributed by atoms with Crippen LogP contribution in [-0.2, 0) is 9.84 Å². The normalized spacial score (nSPS) is 11.7. The van der Waals surface area contributed by atoms with Gasteiger partial charge in [0.05, 0.1) is 16.0 Å². The number of hydrogen-bond acceptors (Lipinski definition) is 6. The van der Waals surface area contributed by atoms with Gasteiger partial charge in [0.2, 0.25) is 5.95 Å². The number of sulfone groups is 1. The number of aromatic amines is 1. The van der Waals surface area contributed by atoms with E-state index < -0.39 is 9.84 Å². The van der Waals surface area contributed by atoms with E-state index in [1.54, 1.807) is 24.3 Å². The quantitative estimate of drug-likeness (QED) is 0.502. The molecule has 0 fully saturated rings. The summed E-state index contributed by atoms with van der Waals surface area (Å²) in [4.78, 5) is 11.9. The molecule has 5 N–H and O–H groups in total. The van der Waals surface area contributed by atoms with Gasteiger partial charge in [0.25, 0.3) is 0 Å². The van der Waals surface area contributed by atoms with Crippen LogP contribution in [0.4, 0.5) is 11.8 Å². The Balaban J connectivity index is 2.02. The van der Waals surface area contributed by atoms with Crippen LogP contribution >= 0.6 is 0 Å². The maximum atomic E-state index is 11.7. The van der Waals surface area contributed by atoms with Crippen LogP contribution in [0.2, 0.25) is 0 Å². The van der Waals surface area contributed by atoms with Crippen molar-refractivity contribution in [3.63, 3.8) is 0 Å². The van der Waals surface area contributed by atoms with Crippen LogP contribution in [0.1, 0.15) is 0 Å². The number of nitrogens with one attached hydrogen (secondary N) is 1. The summed E-state index contributed by atoms with van der Waals surface area (Å²) in [6.45, 7) is 0. The van der Waals surface area contributed by atoms with E-state index in [1.165, 1.54) is 6.26 Å². The Morgan fingerprint density at radius 2 is 1.56 bits per heavy atom. The van der Waals surface area contributed by atoms with Crippen molar-refractivity contribution in [1.29, 1.82) is 0 Å². The van der Waals surface area contributed by atoms with Crippen LogP contribution < -0.4 is 11.5 Å². The van der Waals surface area contributed by atoms with Gasteiger partial charge < -0.3 is 16.5 Å². The second kappa shape index (κ2) is 6.10. The van der Waals surface area contributed by atoms with Gasteiger partial charge in [-0.1, -0.05) is 42.5 Å². The Kier molecular flexibility index (Phi) is 3.85. The van der Waals surface area contributed by atoms with Gasteiger partial charge in [-0.05, 0) is 23.3 Å². The van der Waals surface area contributed by atoms with Crippen LogP contribution in [-0.4, -0.2) is 29.6 Å². The van der Waals surface area contributed by atoms with Crippen molar-refractivity contribution in [3.05, 3.63) is 54.6 Å². The Morgan fingerprint density at radius 3 is 2.19 bits per heavy atom. The lowest BCUT2D eigenvalue weighted by Gasteiger charge is -2.07. The van der Waals surface area contributed by atoms with Gasteiger partial charge in [0.15, 0.2) is 9.84 Å². The van der Waals surface area contributed by atoms with E-state index in [4.69, 9.17) is 11.5 Å². The molecule has 4 rings (SSSR count). The van der Waals surface area contributed by atoms with E-state index in [0.29, 0.717) is 11.0 Å². The Hall–Kier alpha value is -3.39. The first-order chi connectivity index (χ1) is 12.8. The molecule has 0 amide bonds. The summed E-state index contributed by atoms with van der Waals surface area (Å²) in [6, 6.07) is 16.4. The molecule has 27 heavy (non-hydrogen) atoms. The van der Waals surface area contributed by atoms with E-state index >= 15 is 0 Å². The van der Waals surface area contributed by atoms with E-state index in [1.807, 2.05) is 30.3 Å². The molecule has 0 aliphatic carbocycles. The third-order valence-electron chi connectivity index (χ3n) is 4.33. The number of benzene rings is 2. The maximum Gasteiger partial charge on any atom is 0.223 e. The highest BCUT2D eigenvalue weighted by Crippen LogP contribution is 2.40. The zero-order valence-electron chi connectivity index (χ0n) is 14.5. The van der Waals surface area contributed by atoms with Gasteiger partial charge in [0.1, 0.15) is 11.5 Å². The fourth-order valence-corrected chi connectivity index (χ4v) is 3.75. The number of hydrogen-bond donors (Lipinski definition) is 3. The minimum atomic E-state index is -3.27. The number of aromatic nitrogens is 3. The van der Waals surface area contributed by atoms with Gasteiger partial charge in [-0.2, -0.15) is 9.97 Å². The SMILES string of the molecule is CS(=O)(=O)c1ccc(-c2[nH]c3nc(N)nc(N)c3c2-c2ccccc2)cc1. The van der Waals surface area contributed by atoms with E-state index in [0.717, 1.165) is 22.4 Å². The third kappa shape index (κ3) is 3.00. The fourth-order valence-electron chi connectivity index (χ4n) is 3.12. The molecule has 0 aliphatic rings. The number of rotatable bonds is 3. The van der Waals surface area contributed by atoms with Crippen molar-refractivity contribution in [3.8, 4) is 22.4 Å². The molecule has 0 saturated heterocycles. The average molecular weight is 379 g/mol. The average Bonchev–Trinajstić information content (AvgIpc) is 3.01. The van der Waals surface area contributed by atoms with Crippen LogP contribution in [0.15, 0.2) is 59.5 Å². The molecule has 2 aromatic heterocycles. The first-order valence-electron chi connectivity index (χ1n) is 8.15. The maximum absolute atomic E-state index is 11.7. The van der Waals surface area contributed by atoms with Crippen LogP contribution in [0.3, 0.4) is 0 Å². The molecule has 7 nitrogen and oxygen atoms in total. The molecule has 0 bridgehead atoms. The molecule has 4 aromatic rings. The molecule has 0 unspecified atom stereocenters. The number of fused-ring (bicyclic) bond motifs is 1. The second-order valence-electron chi connectivity index (χ2n) is 6.23. The van der Waals surface area contributed by atoms with Gasteiger partial charge in [-0.25, -0.2) is 8.42 Å². The first-order valence-corrected chi connectivity index (χ1v) is 10.0. The fraction of sp³-hybridized carbons (Fsp3) is 0.0526.